The number of hydrogen-bond donors (Lipinski definition) is 1. The van der Waals surface area contributed by atoms with Crippen LogP contribution in [0.3, 0.4) is 0 Å². The van der Waals surface area contributed by atoms with Crippen LogP contribution in [0.5, 0.6) is 0 Å². The second-order valence-corrected chi connectivity index (χ2v) is 3.56. The molecular weight excluding hydrogens is 170 g/mol. The van der Waals surface area contributed by atoms with E-state index in [2.05, 4.69) is 22.4 Å². The molecular formula is C8H15N3S. The van der Waals surface area contributed by atoms with Crippen LogP contribution in [0.2, 0.25) is 0 Å². The van der Waals surface area contributed by atoms with Gasteiger partial charge >= 0.3 is 0 Å². The molecule has 3 nitrogen and oxygen atoms in total. The van der Waals surface area contributed by atoms with Crippen LogP contribution < -0.4 is 5.32 Å². The Morgan fingerprint density at radius 2 is 2.33 bits per heavy atom. The van der Waals surface area contributed by atoms with Crippen LogP contribution in [0, 0.1) is 0 Å². The topological polar surface area (TPSA) is 37.8 Å². The zero-order chi connectivity index (χ0) is 8.65. The highest BCUT2D eigenvalue weighted by molar-refractivity contribution is 7.13. The highest BCUT2D eigenvalue weighted by atomic mass is 32.1. The van der Waals surface area contributed by atoms with Crippen LogP contribution >= 0.6 is 11.3 Å². The first-order valence-electron chi connectivity index (χ1n) is 4.43. The largest absolute Gasteiger partial charge is 0.360 e. The highest BCUT2D eigenvalue weighted by Gasteiger charge is 1.93. The zero-order valence-corrected chi connectivity index (χ0v) is 8.23. The molecule has 0 aliphatic carbocycles. The van der Waals surface area contributed by atoms with Gasteiger partial charge in [0.2, 0.25) is 5.13 Å². The van der Waals surface area contributed by atoms with Crippen molar-refractivity contribution >= 4 is 16.5 Å². The average molecular weight is 185 g/mol. The number of unbranched alkanes of at least 4 members (excludes halogenated alkanes) is 3. The fourth-order valence-electron chi connectivity index (χ4n) is 0.997. The molecule has 12 heavy (non-hydrogen) atoms. The smallest absolute Gasteiger partial charge is 0.205 e. The fourth-order valence-corrected chi connectivity index (χ4v) is 1.47. The molecule has 0 aliphatic rings. The Morgan fingerprint density at radius 1 is 1.42 bits per heavy atom. The number of aromatic nitrogens is 2. The molecule has 0 bridgehead atoms. The van der Waals surface area contributed by atoms with Gasteiger partial charge in [-0.05, 0) is 6.42 Å². The van der Waals surface area contributed by atoms with E-state index in [1.165, 1.54) is 25.7 Å². The molecule has 0 amide bonds. The molecule has 1 aromatic heterocycles. The minimum Gasteiger partial charge on any atom is -0.360 e. The Kier molecular flexibility index (Phi) is 4.68. The third kappa shape index (κ3) is 3.67. The van der Waals surface area contributed by atoms with Gasteiger partial charge in [-0.25, -0.2) is 0 Å². The lowest BCUT2D eigenvalue weighted by atomic mass is 10.2. The Morgan fingerprint density at radius 3 is 3.00 bits per heavy atom. The van der Waals surface area contributed by atoms with Gasteiger partial charge < -0.3 is 5.32 Å². The molecule has 0 saturated heterocycles. The van der Waals surface area contributed by atoms with Gasteiger partial charge in [-0.15, -0.1) is 10.2 Å². The predicted octanol–water partition coefficient (Wildman–Crippen LogP) is 2.53. The van der Waals surface area contributed by atoms with Crippen LogP contribution in [0.25, 0.3) is 0 Å². The molecule has 1 N–H and O–H groups in total. The summed E-state index contributed by atoms with van der Waals surface area (Å²) in [6.45, 7) is 3.24. The maximum absolute atomic E-state index is 3.89. The molecule has 68 valence electrons. The van der Waals surface area contributed by atoms with Gasteiger partial charge in [0.1, 0.15) is 5.51 Å². The van der Waals surface area contributed by atoms with Gasteiger partial charge in [-0.2, -0.15) is 0 Å². The van der Waals surface area contributed by atoms with Gasteiger partial charge in [-0.1, -0.05) is 37.5 Å². The van der Waals surface area contributed by atoms with E-state index in [0.717, 1.165) is 11.7 Å². The predicted molar refractivity (Wildman–Crippen MR) is 52.5 cm³/mol. The summed E-state index contributed by atoms with van der Waals surface area (Å²) < 4.78 is 0. The first-order chi connectivity index (χ1) is 5.93. The van der Waals surface area contributed by atoms with E-state index in [0.29, 0.717) is 0 Å². The van der Waals surface area contributed by atoms with E-state index in [4.69, 9.17) is 0 Å². The van der Waals surface area contributed by atoms with Crippen molar-refractivity contribution in [2.45, 2.75) is 32.6 Å². The lowest BCUT2D eigenvalue weighted by Crippen LogP contribution is -2.00. The summed E-state index contributed by atoms with van der Waals surface area (Å²) in [6, 6.07) is 0. The third-order valence-electron chi connectivity index (χ3n) is 1.67. The molecule has 1 aromatic rings. The minimum absolute atomic E-state index is 0.937. The Hall–Kier alpha value is -0.640. The standard InChI is InChI=1S/C8H15N3S/c1-2-3-4-5-6-9-8-11-10-7-12-8/h7H,2-6H2,1H3,(H,9,11). The van der Waals surface area contributed by atoms with Crippen LogP contribution in [-0.2, 0) is 0 Å². The average Bonchev–Trinajstić information content (AvgIpc) is 2.57. The van der Waals surface area contributed by atoms with E-state index in [9.17, 15) is 0 Å². The quantitative estimate of drug-likeness (QED) is 0.692. The summed E-state index contributed by atoms with van der Waals surface area (Å²) in [5, 5.41) is 11.8. The van der Waals surface area contributed by atoms with E-state index >= 15 is 0 Å². The summed E-state index contributed by atoms with van der Waals surface area (Å²) in [4.78, 5) is 0. The molecule has 1 heterocycles. The van der Waals surface area contributed by atoms with Crippen molar-refractivity contribution in [3.63, 3.8) is 0 Å². The lowest BCUT2D eigenvalue weighted by molar-refractivity contribution is 0.684. The SMILES string of the molecule is CCCCCCNc1nncs1. The van der Waals surface area contributed by atoms with Gasteiger partial charge in [-0.3, -0.25) is 0 Å². The summed E-state index contributed by atoms with van der Waals surface area (Å²) >= 11 is 1.55. The van der Waals surface area contributed by atoms with E-state index in [1.54, 1.807) is 16.8 Å². The van der Waals surface area contributed by atoms with Gasteiger partial charge in [0.15, 0.2) is 0 Å². The Balaban J connectivity index is 1.96. The molecule has 4 heteroatoms. The zero-order valence-electron chi connectivity index (χ0n) is 7.42. The number of anilines is 1. The van der Waals surface area contributed by atoms with Gasteiger partial charge in [0, 0.05) is 6.54 Å². The van der Waals surface area contributed by atoms with E-state index in [1.807, 2.05) is 0 Å². The summed E-state index contributed by atoms with van der Waals surface area (Å²) in [6.07, 6.45) is 5.16. The lowest BCUT2D eigenvalue weighted by Gasteiger charge is -2.00. The molecule has 0 spiro atoms. The van der Waals surface area contributed by atoms with Crippen LogP contribution in [0.4, 0.5) is 5.13 Å². The number of hydrogen-bond acceptors (Lipinski definition) is 4. The normalized spacial score (nSPS) is 10.1. The minimum atomic E-state index is 0.937. The van der Waals surface area contributed by atoms with Gasteiger partial charge in [0.25, 0.3) is 0 Å². The van der Waals surface area contributed by atoms with Crippen molar-refractivity contribution in [3.05, 3.63) is 5.51 Å². The third-order valence-corrected chi connectivity index (χ3v) is 2.32. The first kappa shape index (κ1) is 9.45. The number of nitrogens with zero attached hydrogens (tertiary/aromatic N) is 2. The van der Waals surface area contributed by atoms with Gasteiger partial charge in [0.05, 0.1) is 0 Å². The second kappa shape index (κ2) is 5.94. The van der Waals surface area contributed by atoms with Crippen molar-refractivity contribution in [3.8, 4) is 0 Å². The monoisotopic (exact) mass is 185 g/mol. The van der Waals surface area contributed by atoms with Crippen molar-refractivity contribution in [1.82, 2.24) is 10.2 Å². The molecule has 0 fully saturated rings. The second-order valence-electron chi connectivity index (χ2n) is 2.73. The molecule has 0 aliphatic heterocycles. The highest BCUT2D eigenvalue weighted by Crippen LogP contribution is 2.08. The van der Waals surface area contributed by atoms with Crippen molar-refractivity contribution < 1.29 is 0 Å². The van der Waals surface area contributed by atoms with Crippen molar-refractivity contribution in [2.75, 3.05) is 11.9 Å². The van der Waals surface area contributed by atoms with Crippen molar-refractivity contribution in [2.24, 2.45) is 0 Å². The molecule has 0 aromatic carbocycles. The maximum atomic E-state index is 3.89. The molecule has 0 saturated carbocycles. The Bertz CT molecular complexity index is 186. The summed E-state index contributed by atoms with van der Waals surface area (Å²) in [5.74, 6) is 0. The summed E-state index contributed by atoms with van der Waals surface area (Å²) in [7, 11) is 0. The number of nitrogens with one attached hydrogen (secondary N) is 1. The van der Waals surface area contributed by atoms with Crippen molar-refractivity contribution in [1.29, 1.82) is 0 Å². The van der Waals surface area contributed by atoms with Crippen LogP contribution in [-0.4, -0.2) is 16.7 Å². The number of rotatable bonds is 6. The molecule has 0 radical (unpaired) electrons. The molecule has 1 rings (SSSR count). The maximum Gasteiger partial charge on any atom is 0.205 e. The van der Waals surface area contributed by atoms with Crippen LogP contribution in [0.15, 0.2) is 5.51 Å². The van der Waals surface area contributed by atoms with E-state index < -0.39 is 0 Å². The van der Waals surface area contributed by atoms with E-state index in [-0.39, 0.29) is 0 Å². The fraction of sp³-hybridized carbons (Fsp3) is 0.750. The Labute approximate surface area is 77.2 Å². The van der Waals surface area contributed by atoms with Crippen LogP contribution in [0.1, 0.15) is 32.6 Å². The first-order valence-corrected chi connectivity index (χ1v) is 5.31. The molecule has 0 unspecified atom stereocenters. The molecule has 0 atom stereocenters. The summed E-state index contributed by atoms with van der Waals surface area (Å²) in [5.41, 5.74) is 1.74.